The molecule has 1 saturated carbocycles. The van der Waals surface area contributed by atoms with Gasteiger partial charge in [-0.25, -0.2) is 0 Å². The lowest BCUT2D eigenvalue weighted by Gasteiger charge is -2.33. The SMILES string of the molecule is CN(C)CCN(C)C(=O)[C@@H]1CCCC[C@@H]1C(=O)C(=O)C(C)(C)C. The number of likely N-dealkylation sites (N-methyl/N-ethyl adjacent to an activating group) is 2. The average Bonchev–Trinajstić information content (AvgIpc) is 2.49. The monoisotopic (exact) mass is 324 g/mol. The summed E-state index contributed by atoms with van der Waals surface area (Å²) in [6.07, 6.45) is 3.22. The van der Waals surface area contributed by atoms with Crippen molar-refractivity contribution in [1.82, 2.24) is 9.80 Å². The molecule has 0 aromatic carbocycles. The van der Waals surface area contributed by atoms with Crippen molar-refractivity contribution in [1.29, 1.82) is 0 Å². The zero-order valence-corrected chi connectivity index (χ0v) is 15.5. The van der Waals surface area contributed by atoms with E-state index in [4.69, 9.17) is 0 Å². The van der Waals surface area contributed by atoms with E-state index in [1.807, 2.05) is 19.0 Å². The Morgan fingerprint density at radius 3 is 1.91 bits per heavy atom. The van der Waals surface area contributed by atoms with Gasteiger partial charge in [0.05, 0.1) is 0 Å². The molecular formula is C18H32N2O3. The minimum Gasteiger partial charge on any atom is -0.344 e. The summed E-state index contributed by atoms with van der Waals surface area (Å²) in [7, 11) is 5.72. The summed E-state index contributed by atoms with van der Waals surface area (Å²) in [4.78, 5) is 41.4. The Labute approximate surface area is 140 Å². The second-order valence-corrected chi connectivity index (χ2v) is 8.00. The van der Waals surface area contributed by atoms with Crippen LogP contribution in [-0.4, -0.2) is 61.5 Å². The highest BCUT2D eigenvalue weighted by Gasteiger charge is 2.41. The van der Waals surface area contributed by atoms with Crippen LogP contribution in [0.4, 0.5) is 0 Å². The summed E-state index contributed by atoms with van der Waals surface area (Å²) in [6, 6.07) is 0. The summed E-state index contributed by atoms with van der Waals surface area (Å²) in [5.41, 5.74) is -0.682. The van der Waals surface area contributed by atoms with E-state index >= 15 is 0 Å². The molecule has 0 unspecified atom stereocenters. The lowest BCUT2D eigenvalue weighted by molar-refractivity contribution is -0.149. The third-order valence-corrected chi connectivity index (χ3v) is 4.58. The number of carbonyl (C=O) groups is 3. The van der Waals surface area contributed by atoms with Crippen molar-refractivity contribution in [2.45, 2.75) is 46.5 Å². The van der Waals surface area contributed by atoms with Gasteiger partial charge in [0.1, 0.15) is 0 Å². The van der Waals surface area contributed by atoms with Crippen LogP contribution in [0.2, 0.25) is 0 Å². The number of carbonyl (C=O) groups excluding carboxylic acids is 3. The predicted molar refractivity (Wildman–Crippen MR) is 91.1 cm³/mol. The molecule has 0 bridgehead atoms. The standard InChI is InChI=1S/C18H32N2O3/c1-18(2,3)16(22)15(21)13-9-7-8-10-14(13)17(23)20(6)12-11-19(4)5/h13-14H,7-12H2,1-6H3/t13-,14+/m0/s1. The van der Waals surface area contributed by atoms with Gasteiger partial charge in [-0.15, -0.1) is 0 Å². The highest BCUT2D eigenvalue weighted by Crippen LogP contribution is 2.34. The van der Waals surface area contributed by atoms with E-state index in [0.29, 0.717) is 19.4 Å². The number of nitrogens with zero attached hydrogens (tertiary/aromatic N) is 2. The minimum absolute atomic E-state index is 0.00612. The molecule has 1 aliphatic rings. The zero-order valence-electron chi connectivity index (χ0n) is 15.5. The first-order valence-electron chi connectivity index (χ1n) is 8.54. The maximum Gasteiger partial charge on any atom is 0.226 e. The van der Waals surface area contributed by atoms with Gasteiger partial charge >= 0.3 is 0 Å². The van der Waals surface area contributed by atoms with Crippen LogP contribution >= 0.6 is 0 Å². The number of hydrogen-bond acceptors (Lipinski definition) is 4. The fourth-order valence-electron chi connectivity index (χ4n) is 3.02. The van der Waals surface area contributed by atoms with Crippen LogP contribution in [-0.2, 0) is 14.4 Å². The van der Waals surface area contributed by atoms with Gasteiger partial charge < -0.3 is 9.80 Å². The number of hydrogen-bond donors (Lipinski definition) is 0. The van der Waals surface area contributed by atoms with Gasteiger partial charge in [-0.05, 0) is 26.9 Å². The molecule has 0 N–H and O–H groups in total. The Balaban J connectivity index is 2.83. The van der Waals surface area contributed by atoms with Crippen molar-refractivity contribution in [2.24, 2.45) is 17.3 Å². The molecule has 1 amide bonds. The predicted octanol–water partition coefficient (Wildman–Crippen LogP) is 2.00. The lowest BCUT2D eigenvalue weighted by Crippen LogP contribution is -2.45. The fraction of sp³-hybridized carbons (Fsp3) is 0.833. The average molecular weight is 324 g/mol. The van der Waals surface area contributed by atoms with Crippen LogP contribution in [0.25, 0.3) is 0 Å². The molecule has 0 saturated heterocycles. The van der Waals surface area contributed by atoms with E-state index in [0.717, 1.165) is 19.4 Å². The Morgan fingerprint density at radius 1 is 0.913 bits per heavy atom. The van der Waals surface area contributed by atoms with E-state index in [-0.39, 0.29) is 23.4 Å². The first-order chi connectivity index (χ1) is 10.6. The van der Waals surface area contributed by atoms with E-state index in [1.165, 1.54) is 0 Å². The van der Waals surface area contributed by atoms with Crippen LogP contribution in [0.15, 0.2) is 0 Å². The van der Waals surface area contributed by atoms with Crippen LogP contribution in [0.3, 0.4) is 0 Å². The fourth-order valence-corrected chi connectivity index (χ4v) is 3.02. The van der Waals surface area contributed by atoms with Crippen molar-refractivity contribution in [3.63, 3.8) is 0 Å². The maximum atomic E-state index is 12.7. The molecular weight excluding hydrogens is 292 g/mol. The Bertz CT molecular complexity index is 452. The second-order valence-electron chi connectivity index (χ2n) is 8.00. The minimum atomic E-state index is -0.682. The van der Waals surface area contributed by atoms with Crippen LogP contribution in [0.1, 0.15) is 46.5 Å². The molecule has 0 aliphatic heterocycles. The quantitative estimate of drug-likeness (QED) is 0.701. The van der Waals surface area contributed by atoms with Crippen molar-refractivity contribution in [2.75, 3.05) is 34.2 Å². The van der Waals surface area contributed by atoms with E-state index in [1.54, 1.807) is 32.7 Å². The normalized spacial score (nSPS) is 22.0. The largest absolute Gasteiger partial charge is 0.344 e. The van der Waals surface area contributed by atoms with Gasteiger partial charge in [-0.2, -0.15) is 0 Å². The molecule has 1 fully saturated rings. The molecule has 5 nitrogen and oxygen atoms in total. The first kappa shape index (κ1) is 19.8. The molecule has 0 radical (unpaired) electrons. The Kier molecular flexibility index (Phi) is 6.93. The lowest BCUT2D eigenvalue weighted by atomic mass is 9.72. The number of Topliss-reactive ketones (excluding diaryl/α,β-unsaturated/α-hetero) is 2. The van der Waals surface area contributed by atoms with Crippen molar-refractivity contribution >= 4 is 17.5 Å². The summed E-state index contributed by atoms with van der Waals surface area (Å²) in [5.74, 6) is -1.47. The smallest absolute Gasteiger partial charge is 0.226 e. The first-order valence-corrected chi connectivity index (χ1v) is 8.54. The summed E-state index contributed by atoms with van der Waals surface area (Å²) < 4.78 is 0. The molecule has 0 aromatic rings. The van der Waals surface area contributed by atoms with E-state index in [9.17, 15) is 14.4 Å². The van der Waals surface area contributed by atoms with Gasteiger partial charge in [0.15, 0.2) is 0 Å². The molecule has 132 valence electrons. The van der Waals surface area contributed by atoms with E-state index in [2.05, 4.69) is 0 Å². The molecule has 5 heteroatoms. The molecule has 23 heavy (non-hydrogen) atoms. The van der Waals surface area contributed by atoms with Gasteiger partial charge in [0.25, 0.3) is 0 Å². The highest BCUT2D eigenvalue weighted by molar-refractivity contribution is 6.40. The topological polar surface area (TPSA) is 57.7 Å². The summed E-state index contributed by atoms with van der Waals surface area (Å²) >= 11 is 0. The van der Waals surface area contributed by atoms with Crippen molar-refractivity contribution < 1.29 is 14.4 Å². The van der Waals surface area contributed by atoms with Crippen molar-refractivity contribution in [3.05, 3.63) is 0 Å². The molecule has 2 atom stereocenters. The Morgan fingerprint density at radius 2 is 1.43 bits per heavy atom. The van der Waals surface area contributed by atoms with Gasteiger partial charge in [0, 0.05) is 37.4 Å². The maximum absolute atomic E-state index is 12.7. The van der Waals surface area contributed by atoms with Gasteiger partial charge in [0.2, 0.25) is 17.5 Å². The van der Waals surface area contributed by atoms with Gasteiger partial charge in [-0.1, -0.05) is 33.6 Å². The van der Waals surface area contributed by atoms with Gasteiger partial charge in [-0.3, -0.25) is 14.4 Å². The second kappa shape index (κ2) is 8.04. The van der Waals surface area contributed by atoms with Crippen molar-refractivity contribution in [3.8, 4) is 0 Å². The van der Waals surface area contributed by atoms with Crippen LogP contribution in [0, 0.1) is 17.3 Å². The number of ketones is 2. The number of amides is 1. The summed E-state index contributed by atoms with van der Waals surface area (Å²) in [5, 5.41) is 0. The Hall–Kier alpha value is -1.23. The molecule has 1 rings (SSSR count). The third-order valence-electron chi connectivity index (χ3n) is 4.58. The van der Waals surface area contributed by atoms with Crippen LogP contribution < -0.4 is 0 Å². The van der Waals surface area contributed by atoms with E-state index < -0.39 is 11.3 Å². The highest BCUT2D eigenvalue weighted by atomic mass is 16.2. The third kappa shape index (κ3) is 5.41. The molecule has 0 heterocycles. The number of rotatable bonds is 6. The zero-order chi connectivity index (χ0) is 17.8. The molecule has 0 aromatic heterocycles. The van der Waals surface area contributed by atoms with Crippen LogP contribution in [0.5, 0.6) is 0 Å². The molecule has 1 aliphatic carbocycles. The molecule has 0 spiro atoms. The summed E-state index contributed by atoms with van der Waals surface area (Å²) in [6.45, 7) is 6.70.